The normalized spacial score (nSPS) is 11.6. The molecule has 0 atom stereocenters. The molecule has 222 valence electrons. The van der Waals surface area contributed by atoms with Gasteiger partial charge in [0.2, 0.25) is 0 Å². The lowest BCUT2D eigenvalue weighted by Gasteiger charge is -2.21. The van der Waals surface area contributed by atoms with Gasteiger partial charge in [0.05, 0.1) is 42.5 Å². The maximum Gasteiger partial charge on any atom is 0.418 e. The first-order valence-electron chi connectivity index (χ1n) is 12.5. The summed E-state index contributed by atoms with van der Waals surface area (Å²) in [6.07, 6.45) is -2.56. The Bertz CT molecular complexity index is 1620. The molecule has 0 aliphatic rings. The molecule has 42 heavy (non-hydrogen) atoms. The third-order valence-corrected chi connectivity index (χ3v) is 6.98. The van der Waals surface area contributed by atoms with Crippen LogP contribution in [0.5, 0.6) is 5.75 Å². The average Bonchev–Trinajstić information content (AvgIpc) is 3.56. The molecule has 6 nitrogen and oxygen atoms in total. The van der Waals surface area contributed by atoms with E-state index < -0.39 is 41.5 Å². The molecule has 4 rings (SSSR count). The van der Waals surface area contributed by atoms with Crippen LogP contribution in [0.2, 0.25) is 5.02 Å². The van der Waals surface area contributed by atoms with E-state index in [2.05, 4.69) is 5.32 Å². The minimum atomic E-state index is -4.79. The van der Waals surface area contributed by atoms with Crippen molar-refractivity contribution >= 4 is 40.5 Å². The van der Waals surface area contributed by atoms with E-state index in [-0.39, 0.29) is 46.0 Å². The minimum Gasteiger partial charge on any atom is -0.491 e. The van der Waals surface area contributed by atoms with E-state index in [4.69, 9.17) is 33.0 Å². The quantitative estimate of drug-likeness (QED) is 0.105. The zero-order valence-corrected chi connectivity index (χ0v) is 23.8. The Morgan fingerprint density at radius 1 is 1.17 bits per heavy atom. The number of ether oxygens (including phenoxy) is 1. The number of aliphatic carboxylic acids is 1. The Morgan fingerprint density at radius 2 is 1.90 bits per heavy atom. The van der Waals surface area contributed by atoms with Crippen LogP contribution < -0.4 is 10.1 Å². The second-order valence-electron chi connectivity index (χ2n) is 9.56. The highest BCUT2D eigenvalue weighted by molar-refractivity contribution is 7.81. The smallest absolute Gasteiger partial charge is 0.418 e. The molecule has 0 spiro atoms. The van der Waals surface area contributed by atoms with Gasteiger partial charge in [-0.25, -0.2) is 8.78 Å². The first-order valence-corrected chi connectivity index (χ1v) is 13.3. The highest BCUT2D eigenvalue weighted by Crippen LogP contribution is 2.40. The molecule has 0 aliphatic carbocycles. The number of furan rings is 1. The fourth-order valence-corrected chi connectivity index (χ4v) is 5.00. The van der Waals surface area contributed by atoms with Crippen LogP contribution in [0.25, 0.3) is 11.1 Å². The van der Waals surface area contributed by atoms with Crippen LogP contribution in [0.4, 0.5) is 27.6 Å². The summed E-state index contributed by atoms with van der Waals surface area (Å²) in [5, 5.41) is 11.7. The number of anilines is 1. The van der Waals surface area contributed by atoms with Gasteiger partial charge in [0, 0.05) is 35.9 Å². The second-order valence-corrected chi connectivity index (χ2v) is 10.3. The monoisotopic (exact) mass is 626 g/mol. The van der Waals surface area contributed by atoms with Gasteiger partial charge in [-0.2, -0.15) is 13.2 Å². The summed E-state index contributed by atoms with van der Waals surface area (Å²) in [6.45, 7) is 3.69. The standard InChI is InChI=1S/C29H24ClF5N2O4S/c1-15(2)37-19(6-8-41-25-12-18(31)11-22(32)27(25)30)3-4-24(37)28(42)36-23-9-17(10-26(38)39)20(16-5-7-40-14-16)13-21(23)29(33,34)35/h3-5,7,9,11-15H,6,8,10H2,1-2H3,(H,36,42)(H,38,39). The average molecular weight is 627 g/mol. The molecule has 0 fully saturated rings. The van der Waals surface area contributed by atoms with E-state index in [1.165, 1.54) is 18.6 Å². The van der Waals surface area contributed by atoms with Crippen LogP contribution in [0.15, 0.2) is 59.4 Å². The van der Waals surface area contributed by atoms with Crippen molar-refractivity contribution in [3.05, 3.63) is 94.2 Å². The highest BCUT2D eigenvalue weighted by Gasteiger charge is 2.35. The van der Waals surface area contributed by atoms with E-state index in [1.54, 1.807) is 16.7 Å². The third-order valence-electron chi connectivity index (χ3n) is 6.30. The molecule has 0 saturated carbocycles. The molecule has 0 aliphatic heterocycles. The van der Waals surface area contributed by atoms with Gasteiger partial charge in [-0.3, -0.25) is 4.79 Å². The van der Waals surface area contributed by atoms with Crippen LogP contribution in [0.1, 0.15) is 42.4 Å². The van der Waals surface area contributed by atoms with Gasteiger partial charge in [-0.1, -0.05) is 23.8 Å². The van der Waals surface area contributed by atoms with E-state index in [0.29, 0.717) is 23.0 Å². The summed E-state index contributed by atoms with van der Waals surface area (Å²) in [4.78, 5) is 11.5. The van der Waals surface area contributed by atoms with Gasteiger partial charge >= 0.3 is 12.1 Å². The predicted octanol–water partition coefficient (Wildman–Crippen LogP) is 8.32. The second kappa shape index (κ2) is 12.5. The SMILES string of the molecule is CC(C)n1c(CCOc2cc(F)cc(F)c2Cl)ccc1C(=S)Nc1cc(CC(=O)O)c(-c2ccoc2)cc1C(F)(F)F. The summed E-state index contributed by atoms with van der Waals surface area (Å²) in [5.74, 6) is -3.20. The van der Waals surface area contributed by atoms with Crippen LogP contribution >= 0.6 is 23.8 Å². The molecule has 2 heterocycles. The van der Waals surface area contributed by atoms with E-state index in [0.717, 1.165) is 18.2 Å². The number of alkyl halides is 3. The minimum absolute atomic E-state index is 0.00871. The third kappa shape index (κ3) is 6.93. The molecule has 13 heteroatoms. The summed E-state index contributed by atoms with van der Waals surface area (Å²) in [6, 6.07) is 8.20. The zero-order chi connectivity index (χ0) is 30.8. The Morgan fingerprint density at radius 3 is 2.52 bits per heavy atom. The lowest BCUT2D eigenvalue weighted by Crippen LogP contribution is -2.21. The fourth-order valence-electron chi connectivity index (χ4n) is 4.56. The van der Waals surface area contributed by atoms with Crippen molar-refractivity contribution in [2.45, 2.75) is 38.9 Å². The van der Waals surface area contributed by atoms with Crippen molar-refractivity contribution in [2.24, 2.45) is 0 Å². The zero-order valence-electron chi connectivity index (χ0n) is 22.2. The molecular formula is C29H24ClF5N2O4S. The molecule has 0 unspecified atom stereocenters. The summed E-state index contributed by atoms with van der Waals surface area (Å²) in [7, 11) is 0. The molecule has 2 aromatic heterocycles. The number of thiocarbonyl (C=S) groups is 1. The Hall–Kier alpha value is -3.90. The number of aromatic nitrogens is 1. The van der Waals surface area contributed by atoms with E-state index >= 15 is 0 Å². The first kappa shape index (κ1) is 31.0. The number of nitrogens with zero attached hydrogens (tertiary/aromatic N) is 1. The van der Waals surface area contributed by atoms with Crippen LogP contribution in [0, 0.1) is 11.6 Å². The molecule has 2 N–H and O–H groups in total. The van der Waals surface area contributed by atoms with Crippen LogP contribution in [-0.2, 0) is 23.8 Å². The molecular weight excluding hydrogens is 603 g/mol. The van der Waals surface area contributed by atoms with Gasteiger partial charge in [0.1, 0.15) is 27.4 Å². The Kier molecular flexibility index (Phi) is 9.27. The topological polar surface area (TPSA) is 76.6 Å². The number of nitrogens with one attached hydrogen (secondary N) is 1. The lowest BCUT2D eigenvalue weighted by molar-refractivity contribution is -0.137. The summed E-state index contributed by atoms with van der Waals surface area (Å²) < 4.78 is 82.1. The first-order chi connectivity index (χ1) is 19.8. The van der Waals surface area contributed by atoms with Crippen molar-refractivity contribution in [1.29, 1.82) is 0 Å². The molecule has 0 bridgehead atoms. The number of rotatable bonds is 10. The Labute approximate surface area is 247 Å². The molecule has 0 saturated heterocycles. The lowest BCUT2D eigenvalue weighted by atomic mass is 9.95. The van der Waals surface area contributed by atoms with Gasteiger partial charge in [-0.15, -0.1) is 0 Å². The molecule has 4 aromatic rings. The molecule has 0 radical (unpaired) electrons. The van der Waals surface area contributed by atoms with Gasteiger partial charge in [-0.05, 0) is 55.3 Å². The number of carbonyl (C=O) groups is 1. The van der Waals surface area contributed by atoms with Crippen LogP contribution in [-0.4, -0.2) is 27.2 Å². The maximum absolute atomic E-state index is 14.2. The highest BCUT2D eigenvalue weighted by atomic mass is 35.5. The number of benzene rings is 2. The molecule has 0 amide bonds. The summed E-state index contributed by atoms with van der Waals surface area (Å²) >= 11 is 11.4. The predicted molar refractivity (Wildman–Crippen MR) is 151 cm³/mol. The largest absolute Gasteiger partial charge is 0.491 e. The van der Waals surface area contributed by atoms with E-state index in [1.807, 2.05) is 13.8 Å². The van der Waals surface area contributed by atoms with E-state index in [9.17, 15) is 31.9 Å². The number of carboxylic acids is 1. The Balaban J connectivity index is 1.64. The van der Waals surface area contributed by atoms with Gasteiger partial charge < -0.3 is 24.1 Å². The van der Waals surface area contributed by atoms with Crippen molar-refractivity contribution < 1.29 is 41.0 Å². The number of hydrogen-bond donors (Lipinski definition) is 2. The maximum atomic E-state index is 14.2. The van der Waals surface area contributed by atoms with Crippen molar-refractivity contribution in [3.63, 3.8) is 0 Å². The van der Waals surface area contributed by atoms with Crippen molar-refractivity contribution in [2.75, 3.05) is 11.9 Å². The summed E-state index contributed by atoms with van der Waals surface area (Å²) in [5.41, 5.74) is 0.152. The van der Waals surface area contributed by atoms with Crippen molar-refractivity contribution in [1.82, 2.24) is 4.57 Å². The van der Waals surface area contributed by atoms with Gasteiger partial charge in [0.15, 0.2) is 0 Å². The van der Waals surface area contributed by atoms with Crippen LogP contribution in [0.3, 0.4) is 0 Å². The number of halogens is 6. The fraction of sp³-hybridized carbons (Fsp3) is 0.241. The number of carboxylic acid groups (broad SMARTS) is 1. The number of hydrogen-bond acceptors (Lipinski definition) is 4. The van der Waals surface area contributed by atoms with Gasteiger partial charge in [0.25, 0.3) is 0 Å². The van der Waals surface area contributed by atoms with Crippen molar-refractivity contribution in [3.8, 4) is 16.9 Å². The molecule has 2 aromatic carbocycles.